The van der Waals surface area contributed by atoms with Gasteiger partial charge in [-0.25, -0.2) is 4.68 Å². The van der Waals surface area contributed by atoms with Gasteiger partial charge in [0.05, 0.1) is 6.20 Å². The minimum absolute atomic E-state index is 0.127. The van der Waals surface area contributed by atoms with Gasteiger partial charge < -0.3 is 0 Å². The van der Waals surface area contributed by atoms with Gasteiger partial charge in [-0.3, -0.25) is 4.79 Å². The van der Waals surface area contributed by atoms with Crippen molar-refractivity contribution in [1.82, 2.24) is 9.78 Å². The molecule has 3 nitrogen and oxygen atoms in total. The van der Waals surface area contributed by atoms with Crippen molar-refractivity contribution in [2.75, 3.05) is 0 Å². The summed E-state index contributed by atoms with van der Waals surface area (Å²) in [6, 6.07) is 1.47. The first-order chi connectivity index (χ1) is 4.74. The van der Waals surface area contributed by atoms with Crippen LogP contribution in [0.4, 0.5) is 0 Å². The van der Waals surface area contributed by atoms with Gasteiger partial charge in [0.1, 0.15) is 0 Å². The van der Waals surface area contributed by atoms with Crippen molar-refractivity contribution in [2.24, 2.45) is 7.05 Å². The number of alkyl halides is 1. The third kappa shape index (κ3) is 1.36. The molecule has 0 saturated heterocycles. The Balaban J connectivity index is 3.17. The fourth-order valence-electron chi connectivity index (χ4n) is 0.580. The lowest BCUT2D eigenvalue weighted by Gasteiger charge is -1.94. The summed E-state index contributed by atoms with van der Waals surface area (Å²) in [6.07, 6.45) is 1.58. The molecule has 0 aliphatic rings. The Labute approximate surface area is 63.2 Å². The molecule has 0 amide bonds. The number of aryl methyl sites for hydroxylation is 1. The maximum Gasteiger partial charge on any atom is 0.266 e. The van der Waals surface area contributed by atoms with Gasteiger partial charge in [0.25, 0.3) is 5.56 Å². The van der Waals surface area contributed by atoms with Crippen LogP contribution in [0.5, 0.6) is 0 Å². The third-order valence-corrected chi connectivity index (χ3v) is 1.49. The Hall–Kier alpha value is -0.830. The average Bonchev–Trinajstić information content (AvgIpc) is 1.95. The highest BCUT2D eigenvalue weighted by atomic mass is 35.5. The Morgan fingerprint density at radius 1 is 1.80 bits per heavy atom. The molecule has 0 aliphatic carbocycles. The summed E-state index contributed by atoms with van der Waals surface area (Å²) in [7, 11) is 1.60. The molecule has 0 aliphatic heterocycles. The number of nitrogens with zero attached hydrogens (tertiary/aromatic N) is 2. The number of hydrogen-bond acceptors (Lipinski definition) is 2. The van der Waals surface area contributed by atoms with Crippen LogP contribution in [0.25, 0.3) is 0 Å². The minimum atomic E-state index is -0.127. The fourth-order valence-corrected chi connectivity index (χ4v) is 0.726. The molecule has 0 fully saturated rings. The number of hydrogen-bond donors (Lipinski definition) is 0. The third-order valence-electron chi connectivity index (χ3n) is 1.18. The summed E-state index contributed by atoms with van der Waals surface area (Å²) >= 11 is 5.46. The molecule has 4 heteroatoms. The molecule has 0 atom stereocenters. The fraction of sp³-hybridized carbons (Fsp3) is 0.333. The number of rotatable bonds is 1. The lowest BCUT2D eigenvalue weighted by molar-refractivity contribution is 0.702. The SMILES string of the molecule is Cn1ncc(CCl)cc1=O. The Kier molecular flexibility index (Phi) is 2.06. The maximum absolute atomic E-state index is 10.8. The van der Waals surface area contributed by atoms with Gasteiger partial charge in [-0.05, 0) is 5.56 Å². The first-order valence-corrected chi connectivity index (χ1v) is 3.35. The quantitative estimate of drug-likeness (QED) is 0.559. The molecule has 0 bridgehead atoms. The molecule has 1 aromatic heterocycles. The van der Waals surface area contributed by atoms with Gasteiger partial charge in [0.2, 0.25) is 0 Å². The summed E-state index contributed by atoms with van der Waals surface area (Å²) < 4.78 is 1.26. The second-order valence-corrected chi connectivity index (χ2v) is 2.23. The van der Waals surface area contributed by atoms with Crippen molar-refractivity contribution >= 4 is 11.6 Å². The van der Waals surface area contributed by atoms with Gasteiger partial charge in [-0.1, -0.05) is 0 Å². The van der Waals surface area contributed by atoms with Crippen molar-refractivity contribution in [3.63, 3.8) is 0 Å². The lowest BCUT2D eigenvalue weighted by atomic mass is 10.3. The van der Waals surface area contributed by atoms with E-state index in [-0.39, 0.29) is 5.56 Å². The second-order valence-electron chi connectivity index (χ2n) is 1.96. The van der Waals surface area contributed by atoms with Crippen LogP contribution in [-0.2, 0) is 12.9 Å². The first kappa shape index (κ1) is 7.28. The van der Waals surface area contributed by atoms with E-state index in [9.17, 15) is 4.79 Å². The number of aromatic nitrogens is 2. The summed E-state index contributed by atoms with van der Waals surface area (Å²) in [5, 5.41) is 3.77. The molecule has 54 valence electrons. The van der Waals surface area contributed by atoms with E-state index in [1.54, 1.807) is 13.2 Å². The highest BCUT2D eigenvalue weighted by Gasteiger charge is 1.92. The molecule has 0 N–H and O–H groups in total. The monoisotopic (exact) mass is 158 g/mol. The van der Waals surface area contributed by atoms with Gasteiger partial charge >= 0.3 is 0 Å². The molecule has 0 spiro atoms. The Morgan fingerprint density at radius 3 is 3.00 bits per heavy atom. The predicted molar refractivity (Wildman–Crippen MR) is 39.0 cm³/mol. The molecule has 10 heavy (non-hydrogen) atoms. The molecule has 0 aromatic carbocycles. The van der Waals surface area contributed by atoms with Gasteiger partial charge in [0.15, 0.2) is 0 Å². The van der Waals surface area contributed by atoms with Crippen LogP contribution in [0.2, 0.25) is 0 Å². The van der Waals surface area contributed by atoms with Crippen molar-refractivity contribution in [3.05, 3.63) is 28.2 Å². The van der Waals surface area contributed by atoms with E-state index in [4.69, 9.17) is 11.6 Å². The van der Waals surface area contributed by atoms with E-state index < -0.39 is 0 Å². The van der Waals surface area contributed by atoms with Crippen LogP contribution >= 0.6 is 11.6 Å². The van der Waals surface area contributed by atoms with Crippen molar-refractivity contribution in [3.8, 4) is 0 Å². The standard InChI is InChI=1S/C6H7ClN2O/c1-9-6(10)2-5(3-7)4-8-9/h2,4H,3H2,1H3. The molecule has 0 unspecified atom stereocenters. The molecular weight excluding hydrogens is 152 g/mol. The van der Waals surface area contributed by atoms with E-state index in [0.717, 1.165) is 5.56 Å². The summed E-state index contributed by atoms with van der Waals surface area (Å²) in [6.45, 7) is 0. The normalized spacial score (nSPS) is 9.80. The zero-order chi connectivity index (χ0) is 7.56. The van der Waals surface area contributed by atoms with Gasteiger partial charge in [-0.2, -0.15) is 5.10 Å². The lowest BCUT2D eigenvalue weighted by Crippen LogP contribution is -2.18. The molecule has 1 aromatic rings. The van der Waals surface area contributed by atoms with E-state index in [1.807, 2.05) is 0 Å². The summed E-state index contributed by atoms with van der Waals surface area (Å²) in [5.41, 5.74) is 0.628. The van der Waals surface area contributed by atoms with Crippen LogP contribution in [0.1, 0.15) is 5.56 Å². The smallest absolute Gasteiger partial charge is 0.266 e. The van der Waals surface area contributed by atoms with E-state index in [0.29, 0.717) is 5.88 Å². The van der Waals surface area contributed by atoms with Gasteiger partial charge in [0, 0.05) is 19.0 Å². The van der Waals surface area contributed by atoms with E-state index in [1.165, 1.54) is 10.7 Å². The minimum Gasteiger partial charge on any atom is -0.268 e. The van der Waals surface area contributed by atoms with E-state index >= 15 is 0 Å². The molecule has 1 rings (SSSR count). The van der Waals surface area contributed by atoms with Crippen LogP contribution < -0.4 is 5.56 Å². The largest absolute Gasteiger partial charge is 0.268 e. The van der Waals surface area contributed by atoms with Crippen molar-refractivity contribution in [1.29, 1.82) is 0 Å². The zero-order valence-electron chi connectivity index (χ0n) is 5.54. The van der Waals surface area contributed by atoms with E-state index in [2.05, 4.69) is 5.10 Å². The Bertz CT molecular complexity index is 281. The van der Waals surface area contributed by atoms with Gasteiger partial charge in [-0.15, -0.1) is 11.6 Å². The number of halogens is 1. The Morgan fingerprint density at radius 2 is 2.50 bits per heavy atom. The molecular formula is C6H7ClN2O. The summed E-state index contributed by atoms with van der Waals surface area (Å²) in [4.78, 5) is 10.8. The molecule has 0 saturated carbocycles. The maximum atomic E-state index is 10.8. The van der Waals surface area contributed by atoms with Crippen LogP contribution in [0.15, 0.2) is 17.1 Å². The molecule has 0 radical (unpaired) electrons. The van der Waals surface area contributed by atoms with Crippen LogP contribution in [0.3, 0.4) is 0 Å². The molecule has 1 heterocycles. The predicted octanol–water partition coefficient (Wildman–Crippen LogP) is 0.519. The van der Waals surface area contributed by atoms with Crippen LogP contribution in [-0.4, -0.2) is 9.78 Å². The van der Waals surface area contributed by atoms with Crippen LogP contribution in [0, 0.1) is 0 Å². The highest BCUT2D eigenvalue weighted by molar-refractivity contribution is 6.17. The zero-order valence-corrected chi connectivity index (χ0v) is 6.30. The first-order valence-electron chi connectivity index (χ1n) is 2.82. The van der Waals surface area contributed by atoms with Crippen molar-refractivity contribution < 1.29 is 0 Å². The van der Waals surface area contributed by atoms with Crippen molar-refractivity contribution in [2.45, 2.75) is 5.88 Å². The average molecular weight is 159 g/mol. The topological polar surface area (TPSA) is 34.9 Å². The second kappa shape index (κ2) is 2.84. The summed E-state index contributed by atoms with van der Waals surface area (Å²) in [5.74, 6) is 0.336. The highest BCUT2D eigenvalue weighted by Crippen LogP contribution is 1.95.